The van der Waals surface area contributed by atoms with Crippen LogP contribution in [0, 0.1) is 5.41 Å². The van der Waals surface area contributed by atoms with Gasteiger partial charge in [0.2, 0.25) is 0 Å². The van der Waals surface area contributed by atoms with Gasteiger partial charge in [-0.15, -0.1) is 0 Å². The normalized spacial score (nSPS) is 25.5. The van der Waals surface area contributed by atoms with E-state index >= 15 is 0 Å². The Morgan fingerprint density at radius 3 is 2.93 bits per heavy atom. The lowest BCUT2D eigenvalue weighted by atomic mass is 9.87. The van der Waals surface area contributed by atoms with Crippen LogP contribution in [-0.2, 0) is 5.33 Å². The zero-order valence-electron chi connectivity index (χ0n) is 8.83. The summed E-state index contributed by atoms with van der Waals surface area (Å²) in [5.74, 6) is 0. The number of hydrogen-bond donors (Lipinski definition) is 0. The molecule has 1 aromatic rings. The maximum Gasteiger partial charge on any atom is 0.0952 e. The summed E-state index contributed by atoms with van der Waals surface area (Å²) >= 11 is 3.43. The van der Waals surface area contributed by atoms with Crippen LogP contribution in [0.4, 0.5) is 0 Å². The summed E-state index contributed by atoms with van der Waals surface area (Å²) in [4.78, 5) is 4.36. The Kier molecular flexibility index (Phi) is 2.69. The standard InChI is InChI=1S/C11H17BrN2/c1-11(2)5-3-4-10(11)14-7-9(6-12)13-8-14/h7-8,10H,3-6H2,1-2H3. The molecule has 1 saturated carbocycles. The fraction of sp³-hybridized carbons (Fsp3) is 0.727. The molecule has 2 nitrogen and oxygen atoms in total. The minimum absolute atomic E-state index is 0.435. The van der Waals surface area contributed by atoms with Crippen molar-refractivity contribution in [3.05, 3.63) is 18.2 Å². The highest BCUT2D eigenvalue weighted by Gasteiger charge is 2.35. The lowest BCUT2D eigenvalue weighted by molar-refractivity contribution is 0.260. The Morgan fingerprint density at radius 1 is 1.64 bits per heavy atom. The van der Waals surface area contributed by atoms with Crippen LogP contribution in [0.3, 0.4) is 0 Å². The third-order valence-electron chi connectivity index (χ3n) is 3.35. The van der Waals surface area contributed by atoms with Gasteiger partial charge in [0.25, 0.3) is 0 Å². The van der Waals surface area contributed by atoms with Crippen molar-refractivity contribution in [2.24, 2.45) is 5.41 Å². The van der Waals surface area contributed by atoms with Gasteiger partial charge in [-0.05, 0) is 18.3 Å². The maximum atomic E-state index is 4.36. The van der Waals surface area contributed by atoms with Crippen molar-refractivity contribution in [1.29, 1.82) is 0 Å². The van der Waals surface area contributed by atoms with E-state index in [1.165, 1.54) is 19.3 Å². The highest BCUT2D eigenvalue weighted by Crippen LogP contribution is 2.45. The molecule has 0 spiro atoms. The minimum Gasteiger partial charge on any atom is -0.334 e. The van der Waals surface area contributed by atoms with Gasteiger partial charge in [-0.1, -0.05) is 36.2 Å². The predicted molar refractivity (Wildman–Crippen MR) is 61.5 cm³/mol. The molecule has 0 N–H and O–H groups in total. The van der Waals surface area contributed by atoms with Crippen LogP contribution in [0.2, 0.25) is 0 Å². The Morgan fingerprint density at radius 2 is 2.43 bits per heavy atom. The third kappa shape index (κ3) is 1.74. The first-order chi connectivity index (χ1) is 6.63. The molecule has 2 rings (SSSR count). The van der Waals surface area contributed by atoms with E-state index < -0.39 is 0 Å². The Labute approximate surface area is 93.9 Å². The molecule has 0 amide bonds. The van der Waals surface area contributed by atoms with Crippen LogP contribution < -0.4 is 0 Å². The second-order valence-electron chi connectivity index (χ2n) is 4.84. The van der Waals surface area contributed by atoms with Gasteiger partial charge in [0.1, 0.15) is 0 Å². The van der Waals surface area contributed by atoms with Crippen molar-refractivity contribution in [3.8, 4) is 0 Å². The lowest BCUT2D eigenvalue weighted by Crippen LogP contribution is -2.20. The smallest absolute Gasteiger partial charge is 0.0952 e. The molecule has 0 saturated heterocycles. The molecule has 1 atom stereocenters. The highest BCUT2D eigenvalue weighted by molar-refractivity contribution is 9.08. The van der Waals surface area contributed by atoms with Crippen LogP contribution in [0.25, 0.3) is 0 Å². The van der Waals surface area contributed by atoms with Crippen LogP contribution in [0.5, 0.6) is 0 Å². The first kappa shape index (κ1) is 10.2. The molecular weight excluding hydrogens is 240 g/mol. The van der Waals surface area contributed by atoms with Crippen molar-refractivity contribution in [2.45, 2.75) is 44.5 Å². The van der Waals surface area contributed by atoms with Gasteiger partial charge in [0.15, 0.2) is 0 Å². The van der Waals surface area contributed by atoms with Crippen molar-refractivity contribution in [3.63, 3.8) is 0 Å². The van der Waals surface area contributed by atoms with Crippen molar-refractivity contribution >= 4 is 15.9 Å². The van der Waals surface area contributed by atoms with Crippen molar-refractivity contribution < 1.29 is 0 Å². The van der Waals surface area contributed by atoms with Gasteiger partial charge in [0, 0.05) is 17.6 Å². The maximum absolute atomic E-state index is 4.36. The van der Waals surface area contributed by atoms with Crippen LogP contribution >= 0.6 is 15.9 Å². The first-order valence-electron chi connectivity index (χ1n) is 5.22. The monoisotopic (exact) mass is 256 g/mol. The summed E-state index contributed by atoms with van der Waals surface area (Å²) < 4.78 is 2.30. The van der Waals surface area contributed by atoms with E-state index in [2.05, 4.69) is 45.5 Å². The van der Waals surface area contributed by atoms with E-state index in [0.29, 0.717) is 11.5 Å². The molecule has 0 aliphatic heterocycles. The molecule has 1 fully saturated rings. The van der Waals surface area contributed by atoms with Crippen LogP contribution in [-0.4, -0.2) is 9.55 Å². The SMILES string of the molecule is CC1(C)CCCC1n1cnc(CBr)c1. The Hall–Kier alpha value is -0.310. The molecule has 0 radical (unpaired) electrons. The Bertz CT molecular complexity index is 317. The fourth-order valence-electron chi connectivity index (χ4n) is 2.48. The van der Waals surface area contributed by atoms with Crippen LogP contribution in [0.1, 0.15) is 44.8 Å². The molecule has 14 heavy (non-hydrogen) atoms. The zero-order chi connectivity index (χ0) is 10.2. The van der Waals surface area contributed by atoms with E-state index in [1.54, 1.807) is 0 Å². The molecule has 3 heteroatoms. The summed E-state index contributed by atoms with van der Waals surface area (Å²) in [5, 5.41) is 0.854. The fourth-order valence-corrected chi connectivity index (χ4v) is 2.77. The third-order valence-corrected chi connectivity index (χ3v) is 3.93. The van der Waals surface area contributed by atoms with Gasteiger partial charge in [0.05, 0.1) is 12.0 Å². The van der Waals surface area contributed by atoms with E-state index in [4.69, 9.17) is 0 Å². The number of alkyl halides is 1. The van der Waals surface area contributed by atoms with Crippen molar-refractivity contribution in [1.82, 2.24) is 9.55 Å². The first-order valence-corrected chi connectivity index (χ1v) is 6.34. The minimum atomic E-state index is 0.435. The molecular formula is C11H17BrN2. The molecule has 1 aromatic heterocycles. The second-order valence-corrected chi connectivity index (χ2v) is 5.40. The molecule has 1 aliphatic carbocycles. The predicted octanol–water partition coefficient (Wildman–Crippen LogP) is 3.53. The summed E-state index contributed by atoms with van der Waals surface area (Å²) in [6, 6.07) is 0.641. The molecule has 0 aromatic carbocycles. The second kappa shape index (κ2) is 3.69. The van der Waals surface area contributed by atoms with Gasteiger partial charge in [-0.25, -0.2) is 4.98 Å². The zero-order valence-corrected chi connectivity index (χ0v) is 10.4. The lowest BCUT2D eigenvalue weighted by Gasteiger charge is -2.27. The summed E-state index contributed by atoms with van der Waals surface area (Å²) in [7, 11) is 0. The molecule has 0 bridgehead atoms. The average molecular weight is 257 g/mol. The van der Waals surface area contributed by atoms with E-state index in [0.717, 1.165) is 11.0 Å². The molecule has 1 heterocycles. The largest absolute Gasteiger partial charge is 0.334 e. The molecule has 78 valence electrons. The van der Waals surface area contributed by atoms with Gasteiger partial charge >= 0.3 is 0 Å². The number of nitrogens with zero attached hydrogens (tertiary/aromatic N) is 2. The van der Waals surface area contributed by atoms with Gasteiger partial charge < -0.3 is 4.57 Å². The van der Waals surface area contributed by atoms with E-state index in [1.807, 2.05) is 6.33 Å². The summed E-state index contributed by atoms with van der Waals surface area (Å²) in [5.41, 5.74) is 1.57. The summed E-state index contributed by atoms with van der Waals surface area (Å²) in [6.45, 7) is 4.72. The van der Waals surface area contributed by atoms with Crippen molar-refractivity contribution in [2.75, 3.05) is 0 Å². The number of aromatic nitrogens is 2. The van der Waals surface area contributed by atoms with Crippen LogP contribution in [0.15, 0.2) is 12.5 Å². The van der Waals surface area contributed by atoms with Gasteiger partial charge in [-0.2, -0.15) is 0 Å². The number of imidazole rings is 1. The quantitative estimate of drug-likeness (QED) is 0.741. The molecule has 1 aliphatic rings. The number of halogens is 1. The van der Waals surface area contributed by atoms with Gasteiger partial charge in [-0.3, -0.25) is 0 Å². The van der Waals surface area contributed by atoms with E-state index in [9.17, 15) is 0 Å². The summed E-state index contributed by atoms with van der Waals surface area (Å²) in [6.07, 6.45) is 8.13. The number of rotatable bonds is 2. The van der Waals surface area contributed by atoms with E-state index in [-0.39, 0.29) is 0 Å². The topological polar surface area (TPSA) is 17.8 Å². The number of hydrogen-bond acceptors (Lipinski definition) is 1. The average Bonchev–Trinajstić information content (AvgIpc) is 2.70. The molecule has 1 unspecified atom stereocenters. The highest BCUT2D eigenvalue weighted by atomic mass is 79.9. The Balaban J connectivity index is 2.22.